The standard InChI is InChI=1S/C22H20ClFN2O3S/c1-2-15-7-4-6-10-21(15)26-22(27)18-13-17(11-12-20(18)24)30(28,29)25-14-16-8-3-5-9-19(16)23/h3-13,25H,2,14H2,1H3,(H,26,27). The van der Waals surface area contributed by atoms with E-state index >= 15 is 0 Å². The molecule has 0 radical (unpaired) electrons. The average Bonchev–Trinajstić information content (AvgIpc) is 2.73. The highest BCUT2D eigenvalue weighted by Crippen LogP contribution is 2.21. The van der Waals surface area contributed by atoms with Crippen LogP contribution < -0.4 is 10.0 Å². The summed E-state index contributed by atoms with van der Waals surface area (Å²) in [5.41, 5.74) is 1.67. The number of rotatable bonds is 7. The number of benzene rings is 3. The Labute approximate surface area is 179 Å². The Balaban J connectivity index is 1.83. The van der Waals surface area contributed by atoms with Gasteiger partial charge in [-0.25, -0.2) is 17.5 Å². The van der Waals surface area contributed by atoms with Crippen LogP contribution in [-0.4, -0.2) is 14.3 Å². The molecule has 0 saturated carbocycles. The molecule has 0 atom stereocenters. The highest BCUT2D eigenvalue weighted by Gasteiger charge is 2.20. The molecule has 0 bridgehead atoms. The molecule has 0 aliphatic carbocycles. The van der Waals surface area contributed by atoms with E-state index < -0.39 is 21.7 Å². The fraction of sp³-hybridized carbons (Fsp3) is 0.136. The molecular weight excluding hydrogens is 427 g/mol. The summed E-state index contributed by atoms with van der Waals surface area (Å²) in [7, 11) is -3.99. The Kier molecular flexibility index (Phi) is 6.87. The van der Waals surface area contributed by atoms with Crippen LogP contribution in [0.25, 0.3) is 0 Å². The molecular formula is C22H20ClFN2O3S. The van der Waals surface area contributed by atoms with Crippen molar-refractivity contribution in [2.75, 3.05) is 5.32 Å². The highest BCUT2D eigenvalue weighted by atomic mass is 35.5. The van der Waals surface area contributed by atoms with Crippen molar-refractivity contribution >= 4 is 33.2 Å². The number of amides is 1. The van der Waals surface area contributed by atoms with Crippen LogP contribution in [0, 0.1) is 5.82 Å². The number of hydrogen-bond acceptors (Lipinski definition) is 3. The van der Waals surface area contributed by atoms with E-state index in [2.05, 4.69) is 10.0 Å². The van der Waals surface area contributed by atoms with Gasteiger partial charge in [0.1, 0.15) is 5.82 Å². The molecule has 8 heteroatoms. The molecule has 0 saturated heterocycles. The van der Waals surface area contributed by atoms with E-state index in [9.17, 15) is 17.6 Å². The van der Waals surface area contributed by atoms with Gasteiger partial charge in [-0.05, 0) is 47.9 Å². The average molecular weight is 447 g/mol. The molecule has 3 aromatic carbocycles. The molecule has 5 nitrogen and oxygen atoms in total. The molecule has 0 unspecified atom stereocenters. The van der Waals surface area contributed by atoms with Crippen molar-refractivity contribution in [1.29, 1.82) is 0 Å². The normalized spacial score (nSPS) is 11.3. The van der Waals surface area contributed by atoms with Gasteiger partial charge in [0.05, 0.1) is 10.5 Å². The summed E-state index contributed by atoms with van der Waals surface area (Å²) in [6, 6.07) is 17.1. The minimum absolute atomic E-state index is 0.0369. The second kappa shape index (κ2) is 9.38. The minimum Gasteiger partial charge on any atom is -0.322 e. The molecule has 3 rings (SSSR count). The van der Waals surface area contributed by atoms with Gasteiger partial charge < -0.3 is 5.32 Å². The molecule has 30 heavy (non-hydrogen) atoms. The Morgan fingerprint density at radius 3 is 2.37 bits per heavy atom. The molecule has 0 heterocycles. The number of hydrogen-bond donors (Lipinski definition) is 2. The zero-order chi connectivity index (χ0) is 21.7. The summed E-state index contributed by atoms with van der Waals surface area (Å²) in [6.45, 7) is 1.90. The first-order valence-corrected chi connectivity index (χ1v) is 11.1. The number of halogens is 2. The lowest BCUT2D eigenvalue weighted by atomic mass is 10.1. The van der Waals surface area contributed by atoms with Gasteiger partial charge in [-0.1, -0.05) is 54.9 Å². The molecule has 2 N–H and O–H groups in total. The van der Waals surface area contributed by atoms with E-state index in [4.69, 9.17) is 11.6 Å². The molecule has 1 amide bonds. The lowest BCUT2D eigenvalue weighted by Gasteiger charge is -2.12. The highest BCUT2D eigenvalue weighted by molar-refractivity contribution is 7.89. The summed E-state index contributed by atoms with van der Waals surface area (Å²) < 4.78 is 42.0. The first-order valence-electron chi connectivity index (χ1n) is 9.23. The van der Waals surface area contributed by atoms with Gasteiger partial charge in [0.2, 0.25) is 10.0 Å². The molecule has 3 aromatic rings. The Bertz CT molecular complexity index is 1180. The first kappa shape index (κ1) is 22.0. The zero-order valence-electron chi connectivity index (χ0n) is 16.2. The number of aryl methyl sites for hydroxylation is 1. The minimum atomic E-state index is -3.99. The van der Waals surface area contributed by atoms with Crippen molar-refractivity contribution < 1.29 is 17.6 Å². The van der Waals surface area contributed by atoms with E-state index in [1.165, 1.54) is 0 Å². The molecule has 0 aliphatic heterocycles. The van der Waals surface area contributed by atoms with Gasteiger partial charge in [0, 0.05) is 17.3 Å². The SMILES string of the molecule is CCc1ccccc1NC(=O)c1cc(S(=O)(=O)NCc2ccccc2Cl)ccc1F. The third-order valence-corrected chi connectivity index (χ3v) is 6.32. The first-order chi connectivity index (χ1) is 14.3. The summed E-state index contributed by atoms with van der Waals surface area (Å²) in [6.07, 6.45) is 0.680. The second-order valence-electron chi connectivity index (χ2n) is 6.52. The fourth-order valence-corrected chi connectivity index (χ4v) is 4.12. The van der Waals surface area contributed by atoms with E-state index in [-0.39, 0.29) is 17.0 Å². The lowest BCUT2D eigenvalue weighted by molar-refractivity contribution is 0.102. The smallest absolute Gasteiger partial charge is 0.258 e. The molecule has 0 aliphatic rings. The largest absolute Gasteiger partial charge is 0.322 e. The van der Waals surface area contributed by atoms with E-state index in [0.29, 0.717) is 22.7 Å². The topological polar surface area (TPSA) is 75.3 Å². The predicted octanol–water partition coefficient (Wildman–Crippen LogP) is 4.77. The molecule has 156 valence electrons. The van der Waals surface area contributed by atoms with Gasteiger partial charge >= 0.3 is 0 Å². The Hall–Kier alpha value is -2.74. The van der Waals surface area contributed by atoms with Crippen LogP contribution in [0.1, 0.15) is 28.4 Å². The van der Waals surface area contributed by atoms with Crippen molar-refractivity contribution in [3.63, 3.8) is 0 Å². The summed E-state index contributed by atoms with van der Waals surface area (Å²) >= 11 is 6.05. The van der Waals surface area contributed by atoms with Crippen LogP contribution in [0.5, 0.6) is 0 Å². The monoisotopic (exact) mass is 446 g/mol. The third-order valence-electron chi connectivity index (χ3n) is 4.55. The van der Waals surface area contributed by atoms with Gasteiger partial charge in [-0.2, -0.15) is 0 Å². The maximum atomic E-state index is 14.3. The van der Waals surface area contributed by atoms with E-state index in [1.807, 2.05) is 19.1 Å². The van der Waals surface area contributed by atoms with E-state index in [0.717, 1.165) is 23.8 Å². The zero-order valence-corrected chi connectivity index (χ0v) is 17.7. The third kappa shape index (κ3) is 5.05. The van der Waals surface area contributed by atoms with Gasteiger partial charge in [0.25, 0.3) is 5.91 Å². The number of anilines is 1. The van der Waals surface area contributed by atoms with Crippen molar-refractivity contribution in [1.82, 2.24) is 4.72 Å². The van der Waals surface area contributed by atoms with Crippen molar-refractivity contribution in [2.45, 2.75) is 24.8 Å². The number of sulfonamides is 1. The molecule has 0 fully saturated rings. The lowest BCUT2D eigenvalue weighted by Crippen LogP contribution is -2.24. The van der Waals surface area contributed by atoms with Gasteiger partial charge in [0.15, 0.2) is 0 Å². The van der Waals surface area contributed by atoms with Crippen molar-refractivity contribution in [2.24, 2.45) is 0 Å². The van der Waals surface area contributed by atoms with Crippen LogP contribution in [0.2, 0.25) is 5.02 Å². The summed E-state index contributed by atoms with van der Waals surface area (Å²) in [5.74, 6) is -1.54. The maximum Gasteiger partial charge on any atom is 0.258 e. The number of carbonyl (C=O) groups is 1. The Morgan fingerprint density at radius 1 is 1.00 bits per heavy atom. The summed E-state index contributed by atoms with van der Waals surface area (Å²) in [4.78, 5) is 12.4. The van der Waals surface area contributed by atoms with Crippen LogP contribution in [0.3, 0.4) is 0 Å². The van der Waals surface area contributed by atoms with Crippen LogP contribution in [0.15, 0.2) is 71.6 Å². The van der Waals surface area contributed by atoms with E-state index in [1.54, 1.807) is 36.4 Å². The molecule has 0 spiro atoms. The maximum absolute atomic E-state index is 14.3. The van der Waals surface area contributed by atoms with Crippen molar-refractivity contribution in [3.8, 4) is 0 Å². The van der Waals surface area contributed by atoms with Crippen molar-refractivity contribution in [3.05, 3.63) is 94.3 Å². The van der Waals surface area contributed by atoms with Crippen LogP contribution in [0.4, 0.5) is 10.1 Å². The van der Waals surface area contributed by atoms with Crippen LogP contribution >= 0.6 is 11.6 Å². The van der Waals surface area contributed by atoms with Gasteiger partial charge in [-0.15, -0.1) is 0 Å². The molecule has 0 aromatic heterocycles. The summed E-state index contributed by atoms with van der Waals surface area (Å²) in [5, 5.41) is 3.08. The number of carbonyl (C=O) groups excluding carboxylic acids is 1. The fourth-order valence-electron chi connectivity index (χ4n) is 2.88. The van der Waals surface area contributed by atoms with Crippen LogP contribution in [-0.2, 0) is 23.0 Å². The Morgan fingerprint density at radius 2 is 1.67 bits per heavy atom. The second-order valence-corrected chi connectivity index (χ2v) is 8.70. The number of para-hydroxylation sites is 1. The quantitative estimate of drug-likeness (QED) is 0.548. The van der Waals surface area contributed by atoms with Gasteiger partial charge in [-0.3, -0.25) is 4.79 Å². The number of nitrogens with one attached hydrogen (secondary N) is 2. The predicted molar refractivity (Wildman–Crippen MR) is 116 cm³/mol.